The summed E-state index contributed by atoms with van der Waals surface area (Å²) in [4.78, 5) is 8.66. The van der Waals surface area contributed by atoms with Crippen LogP contribution in [-0.4, -0.2) is 9.97 Å². The molecule has 3 rings (SSSR count). The van der Waals surface area contributed by atoms with Crippen LogP contribution in [-0.2, 0) is 0 Å². The quantitative estimate of drug-likeness (QED) is 0.756. The number of aromatic nitrogens is 2. The molecule has 0 saturated carbocycles. The molecule has 94 valence electrons. The molecule has 0 aliphatic rings. The molecule has 0 aliphatic carbocycles. The fourth-order valence-electron chi connectivity index (χ4n) is 1.89. The molecule has 3 aromatic rings. The van der Waals surface area contributed by atoms with E-state index in [1.165, 1.54) is 0 Å². The van der Waals surface area contributed by atoms with Crippen molar-refractivity contribution in [1.29, 1.82) is 0 Å². The molecular formula is C14H11BrN4. The van der Waals surface area contributed by atoms with Crippen molar-refractivity contribution in [2.45, 2.75) is 0 Å². The summed E-state index contributed by atoms with van der Waals surface area (Å²) in [6, 6.07) is 11.5. The Bertz CT molecular complexity index is 742. The lowest BCUT2D eigenvalue weighted by Gasteiger charge is -2.09. The normalized spacial score (nSPS) is 10.6. The molecule has 0 aliphatic heterocycles. The first-order valence-corrected chi connectivity index (χ1v) is 6.54. The Labute approximate surface area is 118 Å². The second-order valence-corrected chi connectivity index (χ2v) is 5.05. The minimum absolute atomic E-state index is 0.674. The van der Waals surface area contributed by atoms with Crippen LogP contribution in [0.5, 0.6) is 0 Å². The minimum Gasteiger partial charge on any atom is -0.399 e. The highest BCUT2D eigenvalue weighted by Gasteiger charge is 2.04. The molecule has 0 bridgehead atoms. The van der Waals surface area contributed by atoms with Crippen molar-refractivity contribution in [1.82, 2.24) is 9.97 Å². The number of pyridine rings is 2. The summed E-state index contributed by atoms with van der Waals surface area (Å²) in [7, 11) is 0. The molecule has 4 nitrogen and oxygen atoms in total. The zero-order valence-corrected chi connectivity index (χ0v) is 11.6. The Morgan fingerprint density at radius 2 is 2.00 bits per heavy atom. The summed E-state index contributed by atoms with van der Waals surface area (Å²) in [5.74, 6) is 0.706. The number of nitrogens with zero attached hydrogens (tertiary/aromatic N) is 2. The molecule has 0 saturated heterocycles. The average molecular weight is 315 g/mol. The number of halogens is 1. The van der Waals surface area contributed by atoms with Crippen LogP contribution in [0.2, 0.25) is 0 Å². The summed E-state index contributed by atoms with van der Waals surface area (Å²) >= 11 is 3.42. The summed E-state index contributed by atoms with van der Waals surface area (Å²) in [6.07, 6.45) is 3.45. The number of hydrogen-bond acceptors (Lipinski definition) is 4. The van der Waals surface area contributed by atoms with Gasteiger partial charge in [0.2, 0.25) is 0 Å². The molecule has 0 radical (unpaired) electrons. The summed E-state index contributed by atoms with van der Waals surface area (Å²) < 4.78 is 0.958. The molecule has 5 heteroatoms. The van der Waals surface area contributed by atoms with Gasteiger partial charge in [-0.15, -0.1) is 0 Å². The zero-order chi connectivity index (χ0) is 13.2. The molecule has 2 aromatic heterocycles. The molecule has 2 heterocycles. The largest absolute Gasteiger partial charge is 0.399 e. The molecule has 0 unspecified atom stereocenters. The van der Waals surface area contributed by atoms with E-state index in [-0.39, 0.29) is 0 Å². The molecule has 3 N–H and O–H groups in total. The molecular weight excluding hydrogens is 304 g/mol. The lowest BCUT2D eigenvalue weighted by Crippen LogP contribution is -1.96. The van der Waals surface area contributed by atoms with Crippen molar-refractivity contribution in [2.75, 3.05) is 11.1 Å². The van der Waals surface area contributed by atoms with E-state index in [4.69, 9.17) is 5.73 Å². The third-order valence-electron chi connectivity index (χ3n) is 2.72. The van der Waals surface area contributed by atoms with Gasteiger partial charge in [0, 0.05) is 34.0 Å². The number of benzene rings is 1. The standard InChI is InChI=1S/C14H11BrN4/c15-10-6-9-2-1-3-12(14(9)18-8-10)19-13-7-11(16)4-5-17-13/h1-8H,(H3,16,17,19). The van der Waals surface area contributed by atoms with Crippen molar-refractivity contribution < 1.29 is 0 Å². The van der Waals surface area contributed by atoms with Gasteiger partial charge in [-0.25, -0.2) is 4.98 Å². The first-order chi connectivity index (χ1) is 9.22. The van der Waals surface area contributed by atoms with Crippen molar-refractivity contribution in [3.63, 3.8) is 0 Å². The van der Waals surface area contributed by atoms with Gasteiger partial charge in [-0.1, -0.05) is 12.1 Å². The number of hydrogen-bond donors (Lipinski definition) is 2. The first-order valence-electron chi connectivity index (χ1n) is 5.75. The van der Waals surface area contributed by atoms with Gasteiger partial charge < -0.3 is 11.1 Å². The molecule has 19 heavy (non-hydrogen) atoms. The van der Waals surface area contributed by atoms with Crippen LogP contribution in [0, 0.1) is 0 Å². The molecule has 0 amide bonds. The van der Waals surface area contributed by atoms with Crippen molar-refractivity contribution in [2.24, 2.45) is 0 Å². The molecule has 0 spiro atoms. The van der Waals surface area contributed by atoms with Gasteiger partial charge in [0.1, 0.15) is 5.82 Å². The highest BCUT2D eigenvalue weighted by molar-refractivity contribution is 9.10. The topological polar surface area (TPSA) is 63.8 Å². The predicted molar refractivity (Wildman–Crippen MR) is 81.4 cm³/mol. The molecule has 0 fully saturated rings. The van der Waals surface area contributed by atoms with E-state index >= 15 is 0 Å². The Hall–Kier alpha value is -2.14. The van der Waals surface area contributed by atoms with E-state index in [1.54, 1.807) is 24.5 Å². The zero-order valence-electron chi connectivity index (χ0n) is 9.97. The maximum atomic E-state index is 5.74. The number of nitrogens with two attached hydrogens (primary N) is 1. The second-order valence-electron chi connectivity index (χ2n) is 4.13. The van der Waals surface area contributed by atoms with Crippen molar-refractivity contribution in [3.05, 3.63) is 53.3 Å². The van der Waals surface area contributed by atoms with Crippen LogP contribution in [0.15, 0.2) is 53.3 Å². The Kier molecular flexibility index (Phi) is 3.05. The number of rotatable bonds is 2. The van der Waals surface area contributed by atoms with Crippen molar-refractivity contribution >= 4 is 44.0 Å². The van der Waals surface area contributed by atoms with E-state index in [1.807, 2.05) is 24.3 Å². The fraction of sp³-hybridized carbons (Fsp3) is 0. The van der Waals surface area contributed by atoms with E-state index in [2.05, 4.69) is 31.2 Å². The third-order valence-corrected chi connectivity index (χ3v) is 3.16. The fourth-order valence-corrected chi connectivity index (χ4v) is 2.24. The van der Waals surface area contributed by atoms with Crippen LogP contribution >= 0.6 is 15.9 Å². The highest BCUT2D eigenvalue weighted by atomic mass is 79.9. The number of anilines is 3. The van der Waals surface area contributed by atoms with Gasteiger partial charge in [0.05, 0.1) is 11.2 Å². The summed E-state index contributed by atoms with van der Waals surface area (Å²) in [5.41, 5.74) is 8.22. The number of fused-ring (bicyclic) bond motifs is 1. The van der Waals surface area contributed by atoms with Gasteiger partial charge in [-0.2, -0.15) is 0 Å². The van der Waals surface area contributed by atoms with E-state index in [0.29, 0.717) is 11.5 Å². The van der Waals surface area contributed by atoms with Crippen LogP contribution in [0.4, 0.5) is 17.2 Å². The van der Waals surface area contributed by atoms with E-state index in [9.17, 15) is 0 Å². The van der Waals surface area contributed by atoms with Gasteiger partial charge in [-0.05, 0) is 34.1 Å². The Balaban J connectivity index is 2.06. The van der Waals surface area contributed by atoms with Gasteiger partial charge in [0.15, 0.2) is 0 Å². The Morgan fingerprint density at radius 3 is 2.84 bits per heavy atom. The highest BCUT2D eigenvalue weighted by Crippen LogP contribution is 2.26. The molecule has 0 atom stereocenters. The number of nitrogens with one attached hydrogen (secondary N) is 1. The van der Waals surface area contributed by atoms with Gasteiger partial charge in [-0.3, -0.25) is 4.98 Å². The van der Waals surface area contributed by atoms with E-state index < -0.39 is 0 Å². The molecule has 1 aromatic carbocycles. The smallest absolute Gasteiger partial charge is 0.132 e. The number of para-hydroxylation sites is 1. The lowest BCUT2D eigenvalue weighted by atomic mass is 10.2. The van der Waals surface area contributed by atoms with Crippen LogP contribution in [0.25, 0.3) is 10.9 Å². The number of nitrogen functional groups attached to an aromatic ring is 1. The van der Waals surface area contributed by atoms with Crippen molar-refractivity contribution in [3.8, 4) is 0 Å². The lowest BCUT2D eigenvalue weighted by molar-refractivity contribution is 1.30. The monoisotopic (exact) mass is 314 g/mol. The summed E-state index contributed by atoms with van der Waals surface area (Å²) in [6.45, 7) is 0. The van der Waals surface area contributed by atoms with Gasteiger partial charge in [0.25, 0.3) is 0 Å². The predicted octanol–water partition coefficient (Wildman–Crippen LogP) is 3.72. The third kappa shape index (κ3) is 2.51. The van der Waals surface area contributed by atoms with Crippen LogP contribution in [0.3, 0.4) is 0 Å². The average Bonchev–Trinajstić information content (AvgIpc) is 2.38. The maximum Gasteiger partial charge on any atom is 0.132 e. The van der Waals surface area contributed by atoms with E-state index in [0.717, 1.165) is 21.1 Å². The van der Waals surface area contributed by atoms with Gasteiger partial charge >= 0.3 is 0 Å². The van der Waals surface area contributed by atoms with Crippen LogP contribution in [0.1, 0.15) is 0 Å². The first kappa shape index (κ1) is 11.9. The minimum atomic E-state index is 0.674. The van der Waals surface area contributed by atoms with Crippen LogP contribution < -0.4 is 11.1 Å². The summed E-state index contributed by atoms with van der Waals surface area (Å²) in [5, 5.41) is 4.30. The maximum absolute atomic E-state index is 5.74. The second kappa shape index (κ2) is 4.85. The SMILES string of the molecule is Nc1ccnc(Nc2cccc3cc(Br)cnc23)c1. The Morgan fingerprint density at radius 1 is 1.11 bits per heavy atom.